The van der Waals surface area contributed by atoms with E-state index in [-0.39, 0.29) is 112 Å². The first-order chi connectivity index (χ1) is 42.5. The normalized spacial score (nSPS) is 18.4. The van der Waals surface area contributed by atoms with Gasteiger partial charge < -0.3 is 162 Å². The van der Waals surface area contributed by atoms with Gasteiger partial charge in [0.1, 0.15) is 36.6 Å². The highest BCUT2D eigenvalue weighted by molar-refractivity contribution is 7.43. The van der Waals surface area contributed by atoms with Crippen molar-refractivity contribution in [1.82, 2.24) is 0 Å². The fourth-order valence-corrected chi connectivity index (χ4v) is 8.18. The number of methoxy groups -OCH3 is 3. The van der Waals surface area contributed by atoms with Crippen LogP contribution in [0.3, 0.4) is 0 Å². The van der Waals surface area contributed by atoms with E-state index in [1.54, 1.807) is 21.3 Å². The minimum absolute atomic E-state index is 0.0308. The van der Waals surface area contributed by atoms with Crippen LogP contribution in [0.15, 0.2) is 0 Å². The van der Waals surface area contributed by atoms with E-state index < -0.39 is 58.9 Å². The van der Waals surface area contributed by atoms with Crippen LogP contribution in [-0.2, 0) is 137 Å². The monoisotopic (exact) mass is 1320 g/mol. The average Bonchev–Trinajstić information content (AvgIpc) is 1.39. The molecule has 0 spiro atoms. The fraction of sp³-hybridized carbons (Fsp3) is 1.00. The van der Waals surface area contributed by atoms with Crippen LogP contribution in [0.2, 0.25) is 0 Å². The lowest BCUT2D eigenvalue weighted by atomic mass is 9.84. The van der Waals surface area contributed by atoms with Gasteiger partial charge in [0, 0.05) is 21.3 Å². The van der Waals surface area contributed by atoms with Crippen molar-refractivity contribution >= 4 is 15.6 Å². The molecule has 6 atom stereocenters. The van der Waals surface area contributed by atoms with Crippen LogP contribution >= 0.6 is 15.6 Å². The highest BCUT2D eigenvalue weighted by atomic mass is 31.2. The molecule has 87 heavy (non-hydrogen) atoms. The van der Waals surface area contributed by atoms with Gasteiger partial charge in [0.25, 0.3) is 0 Å². The van der Waals surface area contributed by atoms with Crippen molar-refractivity contribution < 1.29 is 162 Å². The summed E-state index contributed by atoms with van der Waals surface area (Å²) in [5.74, 6) is 0. The lowest BCUT2D eigenvalue weighted by molar-refractivity contribution is -0.711. The zero-order valence-electron chi connectivity index (χ0n) is 50.9. The Morgan fingerprint density at radius 2 is 0.356 bits per heavy atom. The summed E-state index contributed by atoms with van der Waals surface area (Å²) in [6, 6.07) is 0. The number of ether oxygens (including phenoxy) is 24. The smallest absolute Gasteiger partial charge is 0.120 e. The number of hydrogen-bond donors (Lipinski definition) is 0. The van der Waals surface area contributed by atoms with E-state index >= 15 is 0 Å². The number of hydrogen-bond acceptors (Lipinski definition) is 34. The van der Waals surface area contributed by atoms with Crippen molar-refractivity contribution in [2.45, 2.75) is 36.6 Å². The quantitative estimate of drug-likeness (QED) is 0.0240. The predicted molar refractivity (Wildman–Crippen MR) is 289 cm³/mol. The number of phosphoric ester groups is 2. The van der Waals surface area contributed by atoms with Crippen molar-refractivity contribution in [2.24, 2.45) is 0 Å². The van der Waals surface area contributed by atoms with Gasteiger partial charge in [0.05, 0.1) is 293 Å². The van der Waals surface area contributed by atoms with E-state index in [1.165, 1.54) is 0 Å². The summed E-state index contributed by atoms with van der Waals surface area (Å²) >= 11 is 0. The Balaban J connectivity index is 2.73. The Morgan fingerprint density at radius 3 is 0.494 bits per heavy atom. The van der Waals surface area contributed by atoms with Gasteiger partial charge in [-0.3, -0.25) is 0 Å². The van der Waals surface area contributed by atoms with E-state index in [4.69, 9.17) is 123 Å². The molecule has 36 heteroatoms. The Morgan fingerprint density at radius 1 is 0.218 bits per heavy atom. The van der Waals surface area contributed by atoms with E-state index in [0.717, 1.165) is 0 Å². The first-order valence-corrected chi connectivity index (χ1v) is 31.8. The minimum Gasteiger partial charge on any atom is -0.790 e. The summed E-state index contributed by atoms with van der Waals surface area (Å²) in [6.45, 7) is 10.5. The van der Waals surface area contributed by atoms with Crippen molar-refractivity contribution in [3.63, 3.8) is 0 Å². The summed E-state index contributed by atoms with van der Waals surface area (Å²) in [6.07, 6.45) is -11.9. The highest BCUT2D eigenvalue weighted by Gasteiger charge is 2.55. The molecule has 0 amide bonds. The predicted octanol–water partition coefficient (Wildman–Crippen LogP) is -4.52. The Bertz CT molecular complexity index is 1430. The summed E-state index contributed by atoms with van der Waals surface area (Å²) < 4.78 is 165. The molecule has 0 radical (unpaired) electrons. The second-order valence-corrected chi connectivity index (χ2v) is 19.8. The third-order valence-electron chi connectivity index (χ3n) is 11.0. The van der Waals surface area contributed by atoms with Crippen LogP contribution in [0.4, 0.5) is 0 Å². The molecule has 1 aliphatic carbocycles. The van der Waals surface area contributed by atoms with Crippen molar-refractivity contribution in [1.29, 1.82) is 0 Å². The molecule has 0 aliphatic heterocycles. The second kappa shape index (κ2) is 62.6. The summed E-state index contributed by atoms with van der Waals surface area (Å²) in [7, 11) is -7.23. The van der Waals surface area contributed by atoms with Gasteiger partial charge >= 0.3 is 0 Å². The van der Waals surface area contributed by atoms with Crippen molar-refractivity contribution in [3.05, 3.63) is 0 Å². The molecule has 522 valence electrons. The topological polar surface area (TPSA) is 399 Å². The Labute approximate surface area is 511 Å². The summed E-state index contributed by atoms with van der Waals surface area (Å²) in [5.41, 5.74) is 0. The SMILES string of the molecule is COCCOCCOCCOCCOCCOCCOCCOC1C(O[O-])[C@@H](OCCOCCOCCOCCOCCOCCOCCOC)C(OP(=O)([O-])[O-])C(OCCOCCOCCOCCOCCOCCOCCOC)[C@H]1OP(=O)([O-])[O-]. The van der Waals surface area contributed by atoms with Crippen LogP contribution in [0.1, 0.15) is 0 Å². The van der Waals surface area contributed by atoms with Crippen molar-refractivity contribution in [3.8, 4) is 0 Å². The van der Waals surface area contributed by atoms with Gasteiger partial charge in [0.2, 0.25) is 0 Å². The maximum Gasteiger partial charge on any atom is 0.120 e. The van der Waals surface area contributed by atoms with Crippen molar-refractivity contribution in [2.75, 3.05) is 299 Å². The van der Waals surface area contributed by atoms with Gasteiger partial charge in [-0.2, -0.15) is 0 Å². The van der Waals surface area contributed by atoms with Crippen LogP contribution in [-0.4, -0.2) is 335 Å². The standard InChI is InChI=1S/C51H104O34P2/c1-59-4-7-62-10-13-65-16-19-68-22-25-71-28-31-74-34-37-77-40-43-80-46-49(83-52)47(81-44-41-78-38-35-75-32-29-72-26-23-69-20-17-66-14-11-63-8-5-60-2)51(85-87(56,57)58)48(50(46)84-86(53,54)55)82-45-42-79-39-36-76-33-30-73-27-24-70-21-18-67-15-12-64-9-6-61-3/h46-52H,4-45H2,1-3H3,(H2,53,54,55)(H2,56,57,58)/p-5/t46-,47?,48?,49?,50?,51+/m1/s1. The lowest BCUT2D eigenvalue weighted by Gasteiger charge is -2.53. The molecule has 1 rings (SSSR count). The molecule has 0 aromatic rings. The summed E-state index contributed by atoms with van der Waals surface area (Å²) in [5, 5.41) is 12.6. The molecule has 0 aromatic heterocycles. The average molecular weight is 1320 g/mol. The molecule has 0 N–H and O–H groups in total. The molecular formula is C51H99O34P2-5. The number of phosphoric acid groups is 2. The van der Waals surface area contributed by atoms with Gasteiger partial charge in [-0.15, -0.1) is 0 Å². The van der Waals surface area contributed by atoms with Crippen LogP contribution in [0.25, 0.3) is 0 Å². The first-order valence-electron chi connectivity index (χ1n) is 28.9. The third-order valence-corrected chi connectivity index (χ3v) is 12.0. The zero-order valence-corrected chi connectivity index (χ0v) is 52.7. The van der Waals surface area contributed by atoms with Gasteiger partial charge in [-0.1, -0.05) is 0 Å². The van der Waals surface area contributed by atoms with Crippen LogP contribution in [0.5, 0.6) is 0 Å². The van der Waals surface area contributed by atoms with Crippen LogP contribution < -0.4 is 24.8 Å². The molecule has 0 saturated heterocycles. The third kappa shape index (κ3) is 54.3. The molecule has 0 bridgehead atoms. The largest absolute Gasteiger partial charge is 0.790 e. The van der Waals surface area contributed by atoms with Crippen LogP contribution in [0, 0.1) is 0 Å². The zero-order chi connectivity index (χ0) is 63.3. The molecule has 34 nitrogen and oxygen atoms in total. The van der Waals surface area contributed by atoms with Gasteiger partial charge in [-0.25, -0.2) is 0 Å². The molecular weight excluding hydrogens is 1220 g/mol. The minimum atomic E-state index is -6.01. The van der Waals surface area contributed by atoms with E-state index in [1.807, 2.05) is 0 Å². The first kappa shape index (κ1) is 84.2. The molecule has 1 saturated carbocycles. The van der Waals surface area contributed by atoms with E-state index in [0.29, 0.717) is 159 Å². The van der Waals surface area contributed by atoms with E-state index in [2.05, 4.69) is 4.89 Å². The summed E-state index contributed by atoms with van der Waals surface area (Å²) in [4.78, 5) is 53.5. The second-order valence-electron chi connectivity index (χ2n) is 17.6. The highest BCUT2D eigenvalue weighted by Crippen LogP contribution is 2.43. The Kier molecular flexibility index (Phi) is 60.6. The van der Waals surface area contributed by atoms with E-state index in [9.17, 15) is 34.0 Å². The maximum atomic E-state index is 12.6. The molecule has 0 heterocycles. The van der Waals surface area contributed by atoms with Gasteiger partial charge in [-0.05, 0) is 0 Å². The number of rotatable bonds is 71. The maximum absolute atomic E-state index is 12.6. The van der Waals surface area contributed by atoms with Gasteiger partial charge in [0.15, 0.2) is 0 Å². The Hall–Kier alpha value is -0.820. The molecule has 4 unspecified atom stereocenters. The fourth-order valence-electron chi connectivity index (χ4n) is 7.10. The molecule has 1 fully saturated rings. The lowest BCUT2D eigenvalue weighted by Crippen LogP contribution is -2.68. The molecule has 1 aliphatic rings. The molecule has 0 aromatic carbocycles.